The quantitative estimate of drug-likeness (QED) is 0.0544. The van der Waals surface area contributed by atoms with Crippen molar-refractivity contribution in [3.05, 3.63) is 0 Å². The van der Waals surface area contributed by atoms with Gasteiger partial charge in [-0.25, -0.2) is 4.79 Å². The van der Waals surface area contributed by atoms with Gasteiger partial charge >= 0.3 is 11.9 Å². The molecule has 1 heterocycles. The minimum atomic E-state index is -1.68. The van der Waals surface area contributed by atoms with Crippen molar-refractivity contribution in [1.82, 2.24) is 21.3 Å². The fraction of sp³-hybridized carbons (Fsp3) is 0.650. The second-order valence-corrected chi connectivity index (χ2v) is 8.22. The lowest BCUT2D eigenvalue weighted by molar-refractivity contribution is -0.144. The highest BCUT2D eigenvalue weighted by molar-refractivity contribution is 5.95. The Labute approximate surface area is 206 Å². The highest BCUT2D eigenvalue weighted by Crippen LogP contribution is 2.08. The number of nitrogens with one attached hydrogen (secondary N) is 4. The monoisotopic (exact) mass is 514 g/mol. The molecule has 0 aliphatic carbocycles. The van der Waals surface area contributed by atoms with E-state index in [9.17, 15) is 33.9 Å². The van der Waals surface area contributed by atoms with Crippen LogP contribution in [0.1, 0.15) is 44.9 Å². The smallest absolute Gasteiger partial charge is 0.326 e. The lowest BCUT2D eigenvalue weighted by atomic mass is 10.1. The zero-order chi connectivity index (χ0) is 27.3. The molecule has 0 aromatic heterocycles. The summed E-state index contributed by atoms with van der Waals surface area (Å²) in [5.74, 6) is -6.18. The van der Waals surface area contributed by atoms with Gasteiger partial charge in [-0.15, -0.1) is 0 Å². The third-order valence-corrected chi connectivity index (χ3v) is 5.25. The number of primary amides is 1. The number of carboxylic acids is 2. The Bertz CT molecular complexity index is 855. The topological polar surface area (TPSA) is 281 Å². The number of carboxylic acid groups (broad SMARTS) is 2. The number of carbonyl (C=O) groups is 6. The largest absolute Gasteiger partial charge is 0.481 e. The number of amides is 4. The Morgan fingerprint density at radius 1 is 0.917 bits per heavy atom. The van der Waals surface area contributed by atoms with Gasteiger partial charge in [0, 0.05) is 13.0 Å². The summed E-state index contributed by atoms with van der Waals surface area (Å²) in [6.07, 6.45) is 0.127. The molecule has 0 spiro atoms. The Hall–Kier alpha value is -3.95. The van der Waals surface area contributed by atoms with Crippen LogP contribution < -0.4 is 38.5 Å². The van der Waals surface area contributed by atoms with E-state index in [1.165, 1.54) is 0 Å². The van der Waals surface area contributed by atoms with E-state index >= 15 is 0 Å². The fourth-order valence-corrected chi connectivity index (χ4v) is 3.44. The molecule has 1 aliphatic heterocycles. The Kier molecular flexibility index (Phi) is 12.6. The van der Waals surface area contributed by atoms with Gasteiger partial charge in [0.1, 0.15) is 18.1 Å². The number of guanidine groups is 1. The normalized spacial score (nSPS) is 17.2. The molecule has 12 N–H and O–H groups in total. The molecule has 4 atom stereocenters. The van der Waals surface area contributed by atoms with Crippen LogP contribution in [0, 0.1) is 0 Å². The van der Waals surface area contributed by atoms with Crippen LogP contribution in [0.3, 0.4) is 0 Å². The molecule has 16 nitrogen and oxygen atoms in total. The van der Waals surface area contributed by atoms with Crippen molar-refractivity contribution in [2.24, 2.45) is 22.2 Å². The van der Waals surface area contributed by atoms with Crippen LogP contribution in [0.4, 0.5) is 0 Å². The van der Waals surface area contributed by atoms with Crippen molar-refractivity contribution in [2.75, 3.05) is 13.1 Å². The fourth-order valence-electron chi connectivity index (χ4n) is 3.44. The minimum absolute atomic E-state index is 0.0910. The average Bonchev–Trinajstić information content (AvgIpc) is 3.32. The molecule has 1 fully saturated rings. The molecular weight excluding hydrogens is 480 g/mol. The van der Waals surface area contributed by atoms with E-state index in [-0.39, 0.29) is 25.3 Å². The van der Waals surface area contributed by atoms with E-state index in [1.54, 1.807) is 0 Å². The summed E-state index contributed by atoms with van der Waals surface area (Å²) in [5, 5.41) is 28.3. The van der Waals surface area contributed by atoms with E-state index in [4.69, 9.17) is 22.3 Å². The molecule has 202 valence electrons. The van der Waals surface area contributed by atoms with Crippen LogP contribution in [0.2, 0.25) is 0 Å². The first-order valence-corrected chi connectivity index (χ1v) is 11.3. The number of aliphatic imine (C=N–C) groups is 1. The zero-order valence-corrected chi connectivity index (χ0v) is 19.7. The first kappa shape index (κ1) is 30.1. The first-order valence-electron chi connectivity index (χ1n) is 11.3. The first-order chi connectivity index (χ1) is 16.9. The third-order valence-electron chi connectivity index (χ3n) is 5.25. The van der Waals surface area contributed by atoms with Crippen molar-refractivity contribution in [3.63, 3.8) is 0 Å². The van der Waals surface area contributed by atoms with Crippen molar-refractivity contribution < 1.29 is 39.0 Å². The number of hydrogen-bond donors (Lipinski definition) is 9. The van der Waals surface area contributed by atoms with Crippen LogP contribution >= 0.6 is 0 Å². The van der Waals surface area contributed by atoms with Crippen molar-refractivity contribution >= 4 is 41.5 Å². The molecular formula is C20H34N8O8. The molecule has 0 aromatic carbocycles. The summed E-state index contributed by atoms with van der Waals surface area (Å²) in [6.45, 7) is 0.812. The SMILES string of the molecule is NC(=O)CC(NC(=O)C(CCC(=O)O)NC(=O)C(CCCN=C(N)N)NC(=O)C1CCCN1)C(=O)O. The van der Waals surface area contributed by atoms with E-state index < -0.39 is 72.6 Å². The van der Waals surface area contributed by atoms with Crippen LogP contribution in [-0.2, 0) is 28.8 Å². The van der Waals surface area contributed by atoms with E-state index in [0.29, 0.717) is 19.4 Å². The number of hydrogen-bond acceptors (Lipinski definition) is 8. The lowest BCUT2D eigenvalue weighted by Crippen LogP contribution is -2.57. The van der Waals surface area contributed by atoms with Gasteiger partial charge < -0.3 is 48.7 Å². The van der Waals surface area contributed by atoms with Gasteiger partial charge in [0.15, 0.2) is 5.96 Å². The molecule has 0 radical (unpaired) electrons. The third kappa shape index (κ3) is 11.5. The maximum atomic E-state index is 13.0. The number of carbonyl (C=O) groups excluding carboxylic acids is 4. The maximum absolute atomic E-state index is 13.0. The molecule has 1 saturated heterocycles. The molecule has 0 aromatic rings. The molecule has 4 unspecified atom stereocenters. The molecule has 1 rings (SSSR count). The summed E-state index contributed by atoms with van der Waals surface area (Å²) >= 11 is 0. The zero-order valence-electron chi connectivity index (χ0n) is 19.7. The molecule has 4 amide bonds. The average molecular weight is 515 g/mol. The second kappa shape index (κ2) is 15.1. The number of nitrogens with zero attached hydrogens (tertiary/aromatic N) is 1. The molecule has 0 saturated carbocycles. The van der Waals surface area contributed by atoms with Crippen LogP contribution in [0.25, 0.3) is 0 Å². The molecule has 0 bridgehead atoms. The predicted octanol–water partition coefficient (Wildman–Crippen LogP) is -3.93. The van der Waals surface area contributed by atoms with Gasteiger partial charge in [-0.2, -0.15) is 0 Å². The summed E-state index contributed by atoms with van der Waals surface area (Å²) in [4.78, 5) is 75.6. The van der Waals surface area contributed by atoms with Gasteiger partial charge in [0.05, 0.1) is 12.5 Å². The number of nitrogens with two attached hydrogens (primary N) is 3. The standard InChI is InChI=1S/C20H34N8O8/c21-14(29)9-13(19(35)36)28-18(34)12(5-6-15(30)31)27-17(33)11(4-2-8-25-20(22)23)26-16(32)10-3-1-7-24-10/h10-13,24H,1-9H2,(H2,21,29)(H,26,32)(H,27,33)(H,28,34)(H,30,31)(H,35,36)(H4,22,23,25). The maximum Gasteiger partial charge on any atom is 0.326 e. The predicted molar refractivity (Wildman–Crippen MR) is 125 cm³/mol. The summed E-state index contributed by atoms with van der Waals surface area (Å²) in [5.41, 5.74) is 15.6. The Morgan fingerprint density at radius 3 is 2.03 bits per heavy atom. The van der Waals surface area contributed by atoms with Crippen molar-refractivity contribution in [2.45, 2.75) is 69.1 Å². The van der Waals surface area contributed by atoms with E-state index in [1.807, 2.05) is 0 Å². The van der Waals surface area contributed by atoms with E-state index in [0.717, 1.165) is 6.42 Å². The highest BCUT2D eigenvalue weighted by Gasteiger charge is 2.32. The van der Waals surface area contributed by atoms with Gasteiger partial charge in [-0.1, -0.05) is 0 Å². The van der Waals surface area contributed by atoms with Crippen LogP contribution in [0.15, 0.2) is 4.99 Å². The van der Waals surface area contributed by atoms with E-state index in [2.05, 4.69) is 26.3 Å². The van der Waals surface area contributed by atoms with Gasteiger partial charge in [0.25, 0.3) is 0 Å². The number of aliphatic carboxylic acids is 2. The van der Waals surface area contributed by atoms with Crippen molar-refractivity contribution in [1.29, 1.82) is 0 Å². The minimum Gasteiger partial charge on any atom is -0.481 e. The summed E-state index contributed by atoms with van der Waals surface area (Å²) < 4.78 is 0. The lowest BCUT2D eigenvalue weighted by Gasteiger charge is -2.25. The highest BCUT2D eigenvalue weighted by atomic mass is 16.4. The number of rotatable bonds is 16. The Morgan fingerprint density at radius 2 is 1.53 bits per heavy atom. The van der Waals surface area contributed by atoms with Gasteiger partial charge in [0.2, 0.25) is 23.6 Å². The second-order valence-electron chi connectivity index (χ2n) is 8.22. The van der Waals surface area contributed by atoms with Crippen molar-refractivity contribution in [3.8, 4) is 0 Å². The molecule has 36 heavy (non-hydrogen) atoms. The van der Waals surface area contributed by atoms with Gasteiger partial charge in [-0.05, 0) is 38.6 Å². The van der Waals surface area contributed by atoms with Crippen LogP contribution in [-0.4, -0.2) is 89.0 Å². The molecule has 16 heteroatoms. The summed E-state index contributed by atoms with van der Waals surface area (Å²) in [7, 11) is 0. The Balaban J connectivity index is 2.99. The summed E-state index contributed by atoms with van der Waals surface area (Å²) in [6, 6.07) is -4.75. The van der Waals surface area contributed by atoms with Crippen LogP contribution in [0.5, 0.6) is 0 Å². The van der Waals surface area contributed by atoms with Gasteiger partial charge in [-0.3, -0.25) is 29.0 Å². The molecule has 1 aliphatic rings.